The first-order valence-electron chi connectivity index (χ1n) is 3.91. The van der Waals surface area contributed by atoms with E-state index in [1.165, 1.54) is 0 Å². The maximum Gasteiger partial charge on any atom is 0.0857 e. The average molecular weight is 185 g/mol. The van der Waals surface area contributed by atoms with Crippen LogP contribution in [0.2, 0.25) is 5.02 Å². The van der Waals surface area contributed by atoms with Crippen molar-refractivity contribution in [3.8, 4) is 0 Å². The van der Waals surface area contributed by atoms with Gasteiger partial charge in [-0.05, 0) is 32.4 Å². The third-order valence-electron chi connectivity index (χ3n) is 1.83. The van der Waals surface area contributed by atoms with Crippen LogP contribution >= 0.6 is 11.6 Å². The molecule has 0 unspecified atom stereocenters. The fraction of sp³-hybridized carbons (Fsp3) is 0.400. The summed E-state index contributed by atoms with van der Waals surface area (Å²) in [5, 5.41) is 10.4. The summed E-state index contributed by atoms with van der Waals surface area (Å²) in [5.74, 6) is 0. The van der Waals surface area contributed by atoms with E-state index >= 15 is 0 Å². The Hall–Kier alpha value is -0.530. The molecule has 12 heavy (non-hydrogen) atoms. The van der Waals surface area contributed by atoms with E-state index in [0.717, 1.165) is 11.1 Å². The Kier molecular flexibility index (Phi) is 2.45. The second-order valence-corrected chi connectivity index (χ2v) is 3.90. The van der Waals surface area contributed by atoms with Crippen LogP contribution in [0.1, 0.15) is 25.0 Å². The molecule has 0 aliphatic rings. The normalized spacial score (nSPS) is 11.8. The number of rotatable bonds is 1. The zero-order valence-corrected chi connectivity index (χ0v) is 8.31. The topological polar surface area (TPSA) is 20.2 Å². The minimum atomic E-state index is -0.859. The van der Waals surface area contributed by atoms with Crippen molar-refractivity contribution in [2.75, 3.05) is 0 Å². The Balaban J connectivity index is 3.31. The molecule has 0 spiro atoms. The SMILES string of the molecule is Cc1cccc(Cl)c1C(C)(C)O. The van der Waals surface area contributed by atoms with Crippen LogP contribution in [0, 0.1) is 6.92 Å². The maximum absolute atomic E-state index is 9.77. The summed E-state index contributed by atoms with van der Waals surface area (Å²) in [5.41, 5.74) is 0.976. The molecule has 0 saturated heterocycles. The van der Waals surface area contributed by atoms with Crippen molar-refractivity contribution in [1.29, 1.82) is 0 Å². The lowest BCUT2D eigenvalue weighted by molar-refractivity contribution is 0.0780. The van der Waals surface area contributed by atoms with Gasteiger partial charge in [0.2, 0.25) is 0 Å². The van der Waals surface area contributed by atoms with Gasteiger partial charge in [-0.15, -0.1) is 0 Å². The number of hydrogen-bond acceptors (Lipinski definition) is 1. The summed E-state index contributed by atoms with van der Waals surface area (Å²) in [6.45, 7) is 5.42. The summed E-state index contributed by atoms with van der Waals surface area (Å²) < 4.78 is 0. The van der Waals surface area contributed by atoms with Crippen molar-refractivity contribution in [2.45, 2.75) is 26.4 Å². The van der Waals surface area contributed by atoms with Crippen molar-refractivity contribution in [3.05, 3.63) is 34.3 Å². The molecule has 0 radical (unpaired) electrons. The molecule has 2 heteroatoms. The number of aliphatic hydroxyl groups is 1. The Labute approximate surface area is 78.0 Å². The van der Waals surface area contributed by atoms with Gasteiger partial charge >= 0.3 is 0 Å². The maximum atomic E-state index is 9.77. The minimum absolute atomic E-state index is 0.627. The van der Waals surface area contributed by atoms with Crippen molar-refractivity contribution in [1.82, 2.24) is 0 Å². The summed E-state index contributed by atoms with van der Waals surface area (Å²) >= 11 is 5.95. The molecule has 1 N–H and O–H groups in total. The van der Waals surface area contributed by atoms with Gasteiger partial charge in [0.15, 0.2) is 0 Å². The number of benzene rings is 1. The van der Waals surface area contributed by atoms with Crippen molar-refractivity contribution >= 4 is 11.6 Å². The standard InChI is InChI=1S/C10H13ClO/c1-7-5-4-6-8(11)9(7)10(2,3)12/h4-6,12H,1-3H3. The monoisotopic (exact) mass is 184 g/mol. The molecule has 0 aliphatic heterocycles. The fourth-order valence-electron chi connectivity index (χ4n) is 1.41. The van der Waals surface area contributed by atoms with Gasteiger partial charge in [0.1, 0.15) is 0 Å². The van der Waals surface area contributed by atoms with Crippen molar-refractivity contribution < 1.29 is 5.11 Å². The van der Waals surface area contributed by atoms with Gasteiger partial charge in [0.05, 0.1) is 5.60 Å². The van der Waals surface area contributed by atoms with Crippen LogP contribution in [0.4, 0.5) is 0 Å². The lowest BCUT2D eigenvalue weighted by atomic mass is 9.94. The van der Waals surface area contributed by atoms with Gasteiger partial charge in [0.25, 0.3) is 0 Å². The highest BCUT2D eigenvalue weighted by molar-refractivity contribution is 6.31. The third kappa shape index (κ3) is 1.79. The van der Waals surface area contributed by atoms with E-state index in [-0.39, 0.29) is 0 Å². The van der Waals surface area contributed by atoms with E-state index in [1.807, 2.05) is 19.1 Å². The third-order valence-corrected chi connectivity index (χ3v) is 2.15. The molecule has 0 aliphatic carbocycles. The molecular weight excluding hydrogens is 172 g/mol. The minimum Gasteiger partial charge on any atom is -0.386 e. The highest BCUT2D eigenvalue weighted by Crippen LogP contribution is 2.30. The van der Waals surface area contributed by atoms with Crippen LogP contribution in [0.15, 0.2) is 18.2 Å². The molecule has 1 rings (SSSR count). The van der Waals surface area contributed by atoms with Crippen LogP contribution in [0.5, 0.6) is 0 Å². The van der Waals surface area contributed by atoms with Crippen LogP contribution in [0.25, 0.3) is 0 Å². The molecule has 1 nitrogen and oxygen atoms in total. The molecule has 0 heterocycles. The van der Waals surface area contributed by atoms with Gasteiger partial charge < -0.3 is 5.11 Å². The first kappa shape index (κ1) is 9.56. The lowest BCUT2D eigenvalue weighted by Crippen LogP contribution is -2.17. The number of aryl methyl sites for hydroxylation is 1. The molecule has 1 aromatic rings. The van der Waals surface area contributed by atoms with E-state index in [9.17, 15) is 5.11 Å². The van der Waals surface area contributed by atoms with E-state index in [1.54, 1.807) is 19.9 Å². The quantitative estimate of drug-likeness (QED) is 0.712. The Morgan fingerprint density at radius 3 is 2.25 bits per heavy atom. The Bertz CT molecular complexity index is 266. The molecule has 0 aromatic heterocycles. The highest BCUT2D eigenvalue weighted by Gasteiger charge is 2.20. The van der Waals surface area contributed by atoms with E-state index in [0.29, 0.717) is 5.02 Å². The molecular formula is C10H13ClO. The number of halogens is 1. The van der Waals surface area contributed by atoms with Crippen molar-refractivity contribution in [2.24, 2.45) is 0 Å². The predicted molar refractivity (Wildman–Crippen MR) is 51.4 cm³/mol. The molecule has 0 bridgehead atoms. The summed E-state index contributed by atoms with van der Waals surface area (Å²) in [4.78, 5) is 0. The largest absolute Gasteiger partial charge is 0.386 e. The summed E-state index contributed by atoms with van der Waals surface area (Å²) in [7, 11) is 0. The van der Waals surface area contributed by atoms with Gasteiger partial charge in [0, 0.05) is 10.6 Å². The van der Waals surface area contributed by atoms with E-state index in [4.69, 9.17) is 11.6 Å². The van der Waals surface area contributed by atoms with Gasteiger partial charge in [-0.25, -0.2) is 0 Å². The van der Waals surface area contributed by atoms with Crippen LogP contribution in [0.3, 0.4) is 0 Å². The fourth-order valence-corrected chi connectivity index (χ4v) is 1.86. The average Bonchev–Trinajstić information content (AvgIpc) is 1.82. The van der Waals surface area contributed by atoms with Crippen LogP contribution in [-0.2, 0) is 5.60 Å². The van der Waals surface area contributed by atoms with Gasteiger partial charge in [-0.3, -0.25) is 0 Å². The molecule has 0 amide bonds. The van der Waals surface area contributed by atoms with E-state index < -0.39 is 5.60 Å². The Morgan fingerprint density at radius 1 is 1.33 bits per heavy atom. The first-order chi connectivity index (χ1) is 5.43. The highest BCUT2D eigenvalue weighted by atomic mass is 35.5. The lowest BCUT2D eigenvalue weighted by Gasteiger charge is -2.21. The summed E-state index contributed by atoms with van der Waals surface area (Å²) in [6.07, 6.45) is 0. The number of hydrogen-bond donors (Lipinski definition) is 1. The zero-order valence-electron chi connectivity index (χ0n) is 7.56. The zero-order chi connectivity index (χ0) is 9.35. The second kappa shape index (κ2) is 3.08. The Morgan fingerprint density at radius 2 is 1.92 bits per heavy atom. The summed E-state index contributed by atoms with van der Waals surface area (Å²) in [6, 6.07) is 5.62. The van der Waals surface area contributed by atoms with E-state index in [2.05, 4.69) is 0 Å². The molecule has 0 fully saturated rings. The van der Waals surface area contributed by atoms with Crippen LogP contribution < -0.4 is 0 Å². The van der Waals surface area contributed by atoms with Gasteiger partial charge in [-0.2, -0.15) is 0 Å². The molecule has 0 atom stereocenters. The second-order valence-electron chi connectivity index (χ2n) is 3.49. The first-order valence-corrected chi connectivity index (χ1v) is 4.28. The van der Waals surface area contributed by atoms with Crippen LogP contribution in [-0.4, -0.2) is 5.11 Å². The smallest absolute Gasteiger partial charge is 0.0857 e. The molecule has 66 valence electrons. The molecule has 1 aromatic carbocycles. The molecule has 0 saturated carbocycles. The predicted octanol–water partition coefficient (Wildman–Crippen LogP) is 2.88. The van der Waals surface area contributed by atoms with Gasteiger partial charge in [-0.1, -0.05) is 23.7 Å². The van der Waals surface area contributed by atoms with Crippen molar-refractivity contribution in [3.63, 3.8) is 0 Å².